The lowest BCUT2D eigenvalue weighted by molar-refractivity contribution is -0.134. The van der Waals surface area contributed by atoms with Crippen LogP contribution in [0.2, 0.25) is 0 Å². The Hall–Kier alpha value is -1.88. The van der Waals surface area contributed by atoms with Crippen LogP contribution in [0, 0.1) is 0 Å². The van der Waals surface area contributed by atoms with Crippen LogP contribution in [0.1, 0.15) is 36.5 Å². The summed E-state index contributed by atoms with van der Waals surface area (Å²) in [4.78, 5) is 26.2. The van der Waals surface area contributed by atoms with Crippen LogP contribution in [0.25, 0.3) is 0 Å². The van der Waals surface area contributed by atoms with E-state index in [9.17, 15) is 9.59 Å². The number of Topliss-reactive ketones (excluding diaryl/α,β-unsaturated/α-hetero) is 1. The Bertz CT molecular complexity index is 513. The van der Waals surface area contributed by atoms with Gasteiger partial charge in [0.15, 0.2) is 5.78 Å². The lowest BCUT2D eigenvalue weighted by Gasteiger charge is -2.34. The molecule has 5 heteroatoms. The number of ketones is 1. The number of carbonyl (C=O) groups is 2. The standard InChI is InChI=1S/C17H24N2O3/c1-13-12-18-10-11-19(13)17(21)5-3-4-16(20)14-6-8-15(22-2)9-7-14/h6-9,13,18H,3-5,10-12H2,1-2H3. The van der Waals surface area contributed by atoms with Crippen LogP contribution in [-0.2, 0) is 4.79 Å². The van der Waals surface area contributed by atoms with Crippen LogP contribution in [0.3, 0.4) is 0 Å². The topological polar surface area (TPSA) is 58.6 Å². The van der Waals surface area contributed by atoms with E-state index >= 15 is 0 Å². The van der Waals surface area contributed by atoms with E-state index in [1.54, 1.807) is 31.4 Å². The Morgan fingerprint density at radius 3 is 2.64 bits per heavy atom. The van der Waals surface area contributed by atoms with Crippen LogP contribution in [0.5, 0.6) is 5.75 Å². The fraction of sp³-hybridized carbons (Fsp3) is 0.529. The van der Waals surface area contributed by atoms with E-state index in [0.717, 1.165) is 25.4 Å². The molecule has 2 rings (SSSR count). The summed E-state index contributed by atoms with van der Waals surface area (Å²) in [6.07, 6.45) is 1.44. The summed E-state index contributed by atoms with van der Waals surface area (Å²) in [5.74, 6) is 0.958. The van der Waals surface area contributed by atoms with E-state index in [2.05, 4.69) is 5.32 Å². The van der Waals surface area contributed by atoms with Gasteiger partial charge in [-0.15, -0.1) is 0 Å². The first-order valence-electron chi connectivity index (χ1n) is 7.79. The molecule has 0 spiro atoms. The molecule has 0 aromatic heterocycles. The third-order valence-corrected chi connectivity index (χ3v) is 4.03. The van der Waals surface area contributed by atoms with Gasteiger partial charge in [-0.05, 0) is 37.6 Å². The summed E-state index contributed by atoms with van der Waals surface area (Å²) in [6.45, 7) is 4.50. The third-order valence-electron chi connectivity index (χ3n) is 4.03. The van der Waals surface area contributed by atoms with Gasteiger partial charge in [-0.1, -0.05) is 0 Å². The second-order valence-corrected chi connectivity index (χ2v) is 5.65. The first kappa shape index (κ1) is 16.5. The second kappa shape index (κ2) is 7.94. The highest BCUT2D eigenvalue weighted by Gasteiger charge is 2.22. The van der Waals surface area contributed by atoms with Crippen LogP contribution in [-0.4, -0.2) is 49.4 Å². The molecule has 1 aromatic carbocycles. The normalized spacial score (nSPS) is 18.1. The molecule has 0 bridgehead atoms. The number of hydrogen-bond acceptors (Lipinski definition) is 4. The van der Waals surface area contributed by atoms with Crippen molar-refractivity contribution in [2.24, 2.45) is 0 Å². The van der Waals surface area contributed by atoms with Crippen molar-refractivity contribution in [2.75, 3.05) is 26.7 Å². The largest absolute Gasteiger partial charge is 0.497 e. The molecule has 1 saturated heterocycles. The molecule has 5 nitrogen and oxygen atoms in total. The summed E-state index contributed by atoms with van der Waals surface area (Å²) in [6, 6.07) is 7.32. The highest BCUT2D eigenvalue weighted by Crippen LogP contribution is 2.14. The lowest BCUT2D eigenvalue weighted by atomic mass is 10.0. The number of benzene rings is 1. The number of nitrogens with zero attached hydrogens (tertiary/aromatic N) is 1. The zero-order chi connectivity index (χ0) is 15.9. The number of nitrogens with one attached hydrogen (secondary N) is 1. The molecule has 1 atom stereocenters. The number of amides is 1. The highest BCUT2D eigenvalue weighted by atomic mass is 16.5. The Morgan fingerprint density at radius 2 is 2.00 bits per heavy atom. The number of carbonyl (C=O) groups excluding carboxylic acids is 2. The van der Waals surface area contributed by atoms with Gasteiger partial charge in [-0.2, -0.15) is 0 Å². The molecule has 1 amide bonds. The molecule has 0 saturated carbocycles. The van der Waals surface area contributed by atoms with E-state index in [1.165, 1.54) is 0 Å². The smallest absolute Gasteiger partial charge is 0.222 e. The molecule has 0 radical (unpaired) electrons. The fourth-order valence-electron chi connectivity index (χ4n) is 2.68. The fourth-order valence-corrected chi connectivity index (χ4v) is 2.68. The van der Waals surface area contributed by atoms with Crippen molar-refractivity contribution in [2.45, 2.75) is 32.2 Å². The van der Waals surface area contributed by atoms with Gasteiger partial charge in [0.1, 0.15) is 5.75 Å². The van der Waals surface area contributed by atoms with Gasteiger partial charge in [0.2, 0.25) is 5.91 Å². The molecule has 120 valence electrons. The van der Waals surface area contributed by atoms with Crippen molar-refractivity contribution in [1.82, 2.24) is 10.2 Å². The van der Waals surface area contributed by atoms with Gasteiger partial charge in [-0.3, -0.25) is 9.59 Å². The minimum Gasteiger partial charge on any atom is -0.497 e. The molecular formula is C17H24N2O3. The van der Waals surface area contributed by atoms with Crippen molar-refractivity contribution in [3.8, 4) is 5.75 Å². The molecule has 1 fully saturated rings. The summed E-state index contributed by atoms with van der Waals surface area (Å²) in [5.41, 5.74) is 0.670. The molecule has 1 heterocycles. The maximum atomic E-state index is 12.2. The van der Waals surface area contributed by atoms with Crippen LogP contribution in [0.15, 0.2) is 24.3 Å². The molecule has 1 unspecified atom stereocenters. The summed E-state index contributed by atoms with van der Waals surface area (Å²) in [5, 5.41) is 3.27. The summed E-state index contributed by atoms with van der Waals surface area (Å²) < 4.78 is 5.07. The van der Waals surface area contributed by atoms with Crippen LogP contribution < -0.4 is 10.1 Å². The average Bonchev–Trinajstić information content (AvgIpc) is 2.55. The first-order chi connectivity index (χ1) is 10.6. The van der Waals surface area contributed by atoms with Gasteiger partial charge in [0, 0.05) is 44.1 Å². The molecule has 0 aliphatic carbocycles. The maximum absolute atomic E-state index is 12.2. The molecule has 1 aliphatic heterocycles. The van der Waals surface area contributed by atoms with Crippen molar-refractivity contribution >= 4 is 11.7 Å². The SMILES string of the molecule is COc1ccc(C(=O)CCCC(=O)N2CCNCC2C)cc1. The molecular weight excluding hydrogens is 280 g/mol. The maximum Gasteiger partial charge on any atom is 0.222 e. The zero-order valence-electron chi connectivity index (χ0n) is 13.3. The number of piperazine rings is 1. The van der Waals surface area contributed by atoms with E-state index in [4.69, 9.17) is 4.74 Å². The molecule has 1 N–H and O–H groups in total. The van der Waals surface area contributed by atoms with E-state index < -0.39 is 0 Å². The highest BCUT2D eigenvalue weighted by molar-refractivity contribution is 5.96. The van der Waals surface area contributed by atoms with E-state index in [0.29, 0.717) is 24.8 Å². The molecule has 1 aromatic rings. The zero-order valence-corrected chi connectivity index (χ0v) is 13.3. The predicted octanol–water partition coefficient (Wildman–Crippen LogP) is 1.87. The minimum absolute atomic E-state index is 0.0730. The number of rotatable bonds is 6. The minimum atomic E-state index is 0.0730. The first-order valence-corrected chi connectivity index (χ1v) is 7.79. The van der Waals surface area contributed by atoms with Gasteiger partial charge in [0.05, 0.1) is 7.11 Å². The van der Waals surface area contributed by atoms with Gasteiger partial charge in [0.25, 0.3) is 0 Å². The van der Waals surface area contributed by atoms with Gasteiger partial charge >= 0.3 is 0 Å². The Kier molecular flexibility index (Phi) is 5.95. The Labute approximate surface area is 131 Å². The average molecular weight is 304 g/mol. The second-order valence-electron chi connectivity index (χ2n) is 5.65. The quantitative estimate of drug-likeness (QED) is 0.815. The number of ether oxygens (including phenoxy) is 1. The number of methoxy groups -OCH3 is 1. The Balaban J connectivity index is 1.77. The molecule has 1 aliphatic rings. The van der Waals surface area contributed by atoms with Crippen molar-refractivity contribution in [1.29, 1.82) is 0 Å². The van der Waals surface area contributed by atoms with Crippen molar-refractivity contribution < 1.29 is 14.3 Å². The van der Waals surface area contributed by atoms with Crippen LogP contribution >= 0.6 is 0 Å². The van der Waals surface area contributed by atoms with Gasteiger partial charge < -0.3 is 15.0 Å². The van der Waals surface area contributed by atoms with Gasteiger partial charge in [-0.25, -0.2) is 0 Å². The van der Waals surface area contributed by atoms with E-state index in [-0.39, 0.29) is 17.7 Å². The Morgan fingerprint density at radius 1 is 1.27 bits per heavy atom. The van der Waals surface area contributed by atoms with Crippen molar-refractivity contribution in [3.05, 3.63) is 29.8 Å². The van der Waals surface area contributed by atoms with E-state index in [1.807, 2.05) is 11.8 Å². The van der Waals surface area contributed by atoms with Crippen LogP contribution in [0.4, 0.5) is 0 Å². The monoisotopic (exact) mass is 304 g/mol. The molecule has 22 heavy (non-hydrogen) atoms. The number of hydrogen-bond donors (Lipinski definition) is 1. The summed E-state index contributed by atoms with van der Waals surface area (Å²) in [7, 11) is 1.60. The predicted molar refractivity (Wildman–Crippen MR) is 85.2 cm³/mol. The summed E-state index contributed by atoms with van der Waals surface area (Å²) >= 11 is 0. The lowest BCUT2D eigenvalue weighted by Crippen LogP contribution is -2.52. The third kappa shape index (κ3) is 4.31. The van der Waals surface area contributed by atoms with Crippen molar-refractivity contribution in [3.63, 3.8) is 0 Å².